The van der Waals surface area contributed by atoms with Crippen molar-refractivity contribution in [3.8, 4) is 11.6 Å². The third-order valence-corrected chi connectivity index (χ3v) is 12.4. The van der Waals surface area contributed by atoms with Gasteiger partial charge in [0.1, 0.15) is 0 Å². The van der Waals surface area contributed by atoms with Crippen LogP contribution in [0.15, 0.2) is 68.6 Å². The van der Waals surface area contributed by atoms with Gasteiger partial charge in [0.05, 0.1) is 21.2 Å². The molecule has 0 aliphatic heterocycles. The molecule has 0 radical (unpaired) electrons. The quantitative estimate of drug-likeness (QED) is 0.0690. The molecule has 2 aromatic carbocycles. The first-order valence-corrected chi connectivity index (χ1v) is 22.5. The fourth-order valence-electron chi connectivity index (χ4n) is 6.04. The molecule has 15 heteroatoms. The Balaban J connectivity index is 1.88. The Hall–Kier alpha value is -3.66. The Morgan fingerprint density at radius 3 is 1.49 bits per heavy atom. The summed E-state index contributed by atoms with van der Waals surface area (Å²) in [7, 11) is -7.57. The Labute approximate surface area is 329 Å². The summed E-state index contributed by atoms with van der Waals surface area (Å²) in [5, 5.41) is 27.1. The molecule has 0 spiro atoms. The molecule has 13 nitrogen and oxygen atoms in total. The number of aromatic hydroxyl groups is 1. The lowest BCUT2D eigenvalue weighted by Crippen LogP contribution is -2.33. The van der Waals surface area contributed by atoms with Gasteiger partial charge in [0.25, 0.3) is 5.91 Å². The van der Waals surface area contributed by atoms with Crippen molar-refractivity contribution in [1.82, 2.24) is 24.5 Å². The zero-order valence-corrected chi connectivity index (χ0v) is 35.7. The minimum atomic E-state index is -3.81. The van der Waals surface area contributed by atoms with Crippen LogP contribution in [0.2, 0.25) is 0 Å². The molecule has 3 atom stereocenters. The molecule has 0 aliphatic carbocycles. The maximum atomic E-state index is 13.6. The minimum Gasteiger partial charge on any atom is -0.492 e. The number of hydrogen-bond acceptors (Lipinski definition) is 9. The summed E-state index contributed by atoms with van der Waals surface area (Å²) < 4.78 is 58.8. The highest BCUT2D eigenvalue weighted by atomic mass is 32.2. The lowest BCUT2D eigenvalue weighted by Gasteiger charge is -2.15. The SMILES string of the molecule is CC(C)CCCC(C)NC(=O)c1nn(-c2ccc(S(=O)(=O)NC(C)CCCC(C)C)cc2)c(O)c1N=Nc1ccc(S(=O)(=O)NC(C)CCCC(C)C)cc1. The summed E-state index contributed by atoms with van der Waals surface area (Å²) in [5.41, 5.74) is 0.196. The van der Waals surface area contributed by atoms with Crippen LogP contribution in [0.25, 0.3) is 5.69 Å². The average Bonchev–Trinajstić information content (AvgIpc) is 3.42. The van der Waals surface area contributed by atoms with Gasteiger partial charge in [0.15, 0.2) is 11.4 Å². The van der Waals surface area contributed by atoms with Crippen molar-refractivity contribution < 1.29 is 26.7 Å². The fraction of sp³-hybridized carbons (Fsp3) is 0.600. The van der Waals surface area contributed by atoms with Gasteiger partial charge in [0.2, 0.25) is 25.9 Å². The highest BCUT2D eigenvalue weighted by Gasteiger charge is 2.26. The molecule has 3 aromatic rings. The van der Waals surface area contributed by atoms with E-state index in [1.54, 1.807) is 0 Å². The third-order valence-electron chi connectivity index (χ3n) is 9.20. The Morgan fingerprint density at radius 2 is 1.05 bits per heavy atom. The predicted octanol–water partition coefficient (Wildman–Crippen LogP) is 8.92. The smallest absolute Gasteiger partial charge is 0.274 e. The Bertz CT molecular complexity index is 1910. The van der Waals surface area contributed by atoms with Crippen LogP contribution in [-0.2, 0) is 20.0 Å². The van der Waals surface area contributed by atoms with E-state index in [4.69, 9.17) is 0 Å². The van der Waals surface area contributed by atoms with E-state index in [9.17, 15) is 26.7 Å². The number of carbonyl (C=O) groups excluding carboxylic acids is 1. The monoisotopic (exact) mass is 801 g/mol. The zero-order chi connectivity index (χ0) is 40.9. The maximum absolute atomic E-state index is 13.6. The average molecular weight is 802 g/mol. The van der Waals surface area contributed by atoms with Gasteiger partial charge in [-0.25, -0.2) is 26.3 Å². The van der Waals surface area contributed by atoms with Gasteiger partial charge in [0, 0.05) is 18.1 Å². The second kappa shape index (κ2) is 21.0. The van der Waals surface area contributed by atoms with Gasteiger partial charge >= 0.3 is 0 Å². The summed E-state index contributed by atoms with van der Waals surface area (Å²) in [4.78, 5) is 13.7. The molecule has 3 rings (SSSR count). The molecule has 0 saturated carbocycles. The maximum Gasteiger partial charge on any atom is 0.274 e. The van der Waals surface area contributed by atoms with Crippen molar-refractivity contribution in [2.75, 3.05) is 0 Å². The van der Waals surface area contributed by atoms with Crippen molar-refractivity contribution in [3.63, 3.8) is 0 Å². The molecule has 1 heterocycles. The summed E-state index contributed by atoms with van der Waals surface area (Å²) in [6, 6.07) is 10.9. The molecule has 0 fully saturated rings. The topological polar surface area (TPSA) is 184 Å². The number of nitrogens with zero attached hydrogens (tertiary/aromatic N) is 4. The molecule has 0 aliphatic rings. The number of sulfonamides is 2. The summed E-state index contributed by atoms with van der Waals surface area (Å²) in [5.74, 6) is 0.578. The van der Waals surface area contributed by atoms with Gasteiger partial charge in [-0.15, -0.1) is 5.11 Å². The lowest BCUT2D eigenvalue weighted by atomic mass is 10.0. The van der Waals surface area contributed by atoms with Crippen LogP contribution >= 0.6 is 0 Å². The van der Waals surface area contributed by atoms with Crippen LogP contribution in [0.5, 0.6) is 5.88 Å². The van der Waals surface area contributed by atoms with E-state index in [1.165, 1.54) is 48.5 Å². The molecule has 0 bridgehead atoms. The van der Waals surface area contributed by atoms with Crippen LogP contribution in [0.3, 0.4) is 0 Å². The van der Waals surface area contributed by atoms with E-state index in [0.29, 0.717) is 29.9 Å². The lowest BCUT2D eigenvalue weighted by molar-refractivity contribution is 0.0933. The van der Waals surface area contributed by atoms with Crippen LogP contribution in [0.1, 0.15) is 131 Å². The standard InChI is InChI=1S/C40H63N7O6S2/c1-27(2)13-10-16-30(7)41-39(48)37-38(43-42-33-19-23-35(24-20-33)54(50,51)45-31(8)17-11-14-28(3)4)40(49)47(44-37)34-21-25-36(26-22-34)55(52,53)46-32(9)18-12-15-29(5)6/h19-32,45-46,49H,10-18H2,1-9H3,(H,41,48). The zero-order valence-electron chi connectivity index (χ0n) is 34.0. The van der Waals surface area contributed by atoms with Crippen molar-refractivity contribution in [1.29, 1.82) is 0 Å². The van der Waals surface area contributed by atoms with Crippen molar-refractivity contribution in [2.45, 2.75) is 148 Å². The normalized spacial score (nSPS) is 14.3. The molecular formula is C40H63N7O6S2. The molecule has 0 saturated heterocycles. The number of carbonyl (C=O) groups is 1. The Kier molecular flexibility index (Phi) is 17.5. The van der Waals surface area contributed by atoms with Crippen molar-refractivity contribution in [3.05, 3.63) is 54.2 Å². The highest BCUT2D eigenvalue weighted by molar-refractivity contribution is 7.89. The molecule has 1 aromatic heterocycles. The van der Waals surface area contributed by atoms with Crippen LogP contribution < -0.4 is 14.8 Å². The number of hydrogen-bond donors (Lipinski definition) is 4. The van der Waals surface area contributed by atoms with Crippen LogP contribution in [0, 0.1) is 17.8 Å². The molecule has 55 heavy (non-hydrogen) atoms. The van der Waals surface area contributed by atoms with Gasteiger partial charge in [-0.1, -0.05) is 80.1 Å². The molecule has 306 valence electrons. The molecule has 3 unspecified atom stereocenters. The van der Waals surface area contributed by atoms with E-state index >= 15 is 0 Å². The predicted molar refractivity (Wildman–Crippen MR) is 218 cm³/mol. The fourth-order valence-corrected chi connectivity index (χ4v) is 8.59. The van der Waals surface area contributed by atoms with Crippen LogP contribution in [0.4, 0.5) is 11.4 Å². The van der Waals surface area contributed by atoms with E-state index in [2.05, 4.69) is 71.6 Å². The number of benzene rings is 2. The Morgan fingerprint density at radius 1 is 0.636 bits per heavy atom. The first-order valence-electron chi connectivity index (χ1n) is 19.6. The summed E-state index contributed by atoms with van der Waals surface area (Å²) in [6.45, 7) is 18.4. The second-order valence-corrected chi connectivity index (χ2v) is 19.4. The number of nitrogens with one attached hydrogen (secondary N) is 3. The van der Waals surface area contributed by atoms with Gasteiger partial charge in [-0.3, -0.25) is 4.79 Å². The van der Waals surface area contributed by atoms with Crippen molar-refractivity contribution in [2.24, 2.45) is 28.0 Å². The van der Waals surface area contributed by atoms with Gasteiger partial charge < -0.3 is 10.4 Å². The number of azo groups is 1. The first kappa shape index (κ1) is 45.7. The number of amides is 1. The molecule has 1 amide bonds. The van der Waals surface area contributed by atoms with Gasteiger partial charge in [-0.2, -0.15) is 14.9 Å². The third kappa shape index (κ3) is 14.7. The number of rotatable bonds is 23. The summed E-state index contributed by atoms with van der Waals surface area (Å²) >= 11 is 0. The van der Waals surface area contributed by atoms with Crippen molar-refractivity contribution >= 4 is 37.3 Å². The number of aromatic nitrogens is 2. The molecule has 4 N–H and O–H groups in total. The summed E-state index contributed by atoms with van der Waals surface area (Å²) in [6.07, 6.45) is 7.99. The largest absolute Gasteiger partial charge is 0.492 e. The molecular weight excluding hydrogens is 739 g/mol. The highest BCUT2D eigenvalue weighted by Crippen LogP contribution is 2.35. The van der Waals surface area contributed by atoms with E-state index in [-0.39, 0.29) is 45.0 Å². The van der Waals surface area contributed by atoms with E-state index < -0.39 is 31.8 Å². The van der Waals surface area contributed by atoms with E-state index in [0.717, 1.165) is 56.0 Å². The second-order valence-electron chi connectivity index (χ2n) is 16.0. The minimum absolute atomic E-state index is 0.0490. The first-order chi connectivity index (χ1) is 25.8. The van der Waals surface area contributed by atoms with E-state index in [1.807, 2.05) is 20.8 Å². The van der Waals surface area contributed by atoms with Gasteiger partial charge in [-0.05, 0) is 106 Å². The van der Waals surface area contributed by atoms with Crippen LogP contribution in [-0.4, -0.2) is 55.8 Å².